The lowest BCUT2D eigenvalue weighted by molar-refractivity contribution is -0.142. The lowest BCUT2D eigenvalue weighted by Crippen LogP contribution is -2.40. The normalized spacial score (nSPS) is 34.5. The zero-order valence-electron chi connectivity index (χ0n) is 21.0. The van der Waals surface area contributed by atoms with Gasteiger partial charge in [-0.25, -0.2) is 19.3 Å². The average molecular weight is 649 g/mol. The molecule has 0 amide bonds. The minimum Gasteiger partial charge on any atom is -0.387 e. The average Bonchev–Trinajstić information content (AvgIpc) is 3.45. The minimum atomic E-state index is -4.54. The summed E-state index contributed by atoms with van der Waals surface area (Å²) in [6.07, 6.45) is -10.9. The second-order valence-electron chi connectivity index (χ2n) is 9.90. The molecule has 24 heteroatoms. The van der Waals surface area contributed by atoms with Gasteiger partial charge in [0.25, 0.3) is 5.56 Å². The summed E-state index contributed by atoms with van der Waals surface area (Å²) in [5.74, 6) is -4.39. The van der Waals surface area contributed by atoms with Crippen molar-refractivity contribution in [1.29, 1.82) is 0 Å². The van der Waals surface area contributed by atoms with Gasteiger partial charge in [-0.1, -0.05) is 5.21 Å². The maximum Gasteiger partial charge on any atom is 0.325 e. The van der Waals surface area contributed by atoms with Gasteiger partial charge in [0.05, 0.1) is 12.9 Å². The van der Waals surface area contributed by atoms with Crippen LogP contribution in [-0.2, 0) is 30.3 Å². The van der Waals surface area contributed by atoms with Gasteiger partial charge in [-0.05, 0) is 11.8 Å². The van der Waals surface area contributed by atoms with Gasteiger partial charge in [0, 0.05) is 0 Å². The highest BCUT2D eigenvalue weighted by Crippen LogP contribution is 2.62. The number of nitrogens with one attached hydrogen (secondary N) is 1. The number of aliphatic hydroxyl groups is 2. The molecule has 1 aliphatic carbocycles. The molecule has 19 nitrogen and oxygen atoms in total. The number of aromatic nitrogens is 9. The topological polar surface area (TPSA) is 270 Å². The van der Waals surface area contributed by atoms with E-state index in [2.05, 4.69) is 35.2 Å². The van der Waals surface area contributed by atoms with Crippen LogP contribution in [0.15, 0.2) is 17.4 Å². The van der Waals surface area contributed by atoms with Gasteiger partial charge in [0.1, 0.15) is 24.6 Å². The number of ether oxygens (including phenoxy) is 2. The summed E-state index contributed by atoms with van der Waals surface area (Å²) < 4.78 is 69.0. The van der Waals surface area contributed by atoms with Crippen LogP contribution in [0.25, 0.3) is 22.3 Å². The maximum absolute atomic E-state index is 15.7. The Morgan fingerprint density at radius 3 is 2.67 bits per heavy atom. The molecule has 4 aromatic rings. The third-order valence-corrected chi connectivity index (χ3v) is 8.86. The summed E-state index contributed by atoms with van der Waals surface area (Å²) in [6, 6.07) is 0. The van der Waals surface area contributed by atoms with Gasteiger partial charge in [-0.15, -0.1) is 5.10 Å². The summed E-state index contributed by atoms with van der Waals surface area (Å²) in [7, 11) is 0. The summed E-state index contributed by atoms with van der Waals surface area (Å²) in [4.78, 5) is 40.6. The SMILES string of the molecule is Nc1nc2c(ncn2[C@@H]2O[C@@H]3C(O)[C@]3(F)[C@H]2OP(O)(=S)OC[C@H]2O[C@@H](n3nnc4c(N)ncnc43)C(F)(F)[C@@H]2O)c(=O)[nH]1. The molecule has 2 saturated heterocycles. The van der Waals surface area contributed by atoms with E-state index in [1.165, 1.54) is 0 Å². The van der Waals surface area contributed by atoms with Crippen LogP contribution in [0.5, 0.6) is 0 Å². The van der Waals surface area contributed by atoms with Gasteiger partial charge < -0.3 is 40.6 Å². The molecule has 3 aliphatic rings. The molecule has 0 bridgehead atoms. The Morgan fingerprint density at radius 2 is 1.91 bits per heavy atom. The number of hydrogen-bond acceptors (Lipinski definition) is 16. The Labute approximate surface area is 239 Å². The predicted octanol–water partition coefficient (Wildman–Crippen LogP) is -1.99. The first-order chi connectivity index (χ1) is 20.2. The molecule has 3 fully saturated rings. The number of hydrogen-bond donors (Lipinski definition) is 6. The molecule has 0 radical (unpaired) electrons. The molecule has 1 saturated carbocycles. The van der Waals surface area contributed by atoms with Gasteiger partial charge in [-0.2, -0.15) is 18.4 Å². The van der Waals surface area contributed by atoms with Crippen molar-refractivity contribution in [3.63, 3.8) is 0 Å². The van der Waals surface area contributed by atoms with Gasteiger partial charge >= 0.3 is 12.6 Å². The number of H-pyrrole nitrogens is 1. The highest BCUT2D eigenvalue weighted by molar-refractivity contribution is 8.07. The lowest BCUT2D eigenvalue weighted by Gasteiger charge is -2.29. The molecule has 2 unspecified atom stereocenters. The van der Waals surface area contributed by atoms with Crippen LogP contribution < -0.4 is 17.0 Å². The van der Waals surface area contributed by atoms with Gasteiger partial charge in [-0.3, -0.25) is 18.9 Å². The van der Waals surface area contributed by atoms with Crippen LogP contribution in [0.2, 0.25) is 0 Å². The zero-order chi connectivity index (χ0) is 30.6. The van der Waals surface area contributed by atoms with E-state index >= 15 is 13.2 Å². The van der Waals surface area contributed by atoms with Gasteiger partial charge in [0.2, 0.25) is 12.2 Å². The van der Waals surface area contributed by atoms with Crippen LogP contribution in [0.3, 0.4) is 0 Å². The second kappa shape index (κ2) is 9.30. The molecule has 7 rings (SSSR count). The number of imidazole rings is 1. The first kappa shape index (κ1) is 28.4. The fourth-order valence-corrected chi connectivity index (χ4v) is 6.52. The van der Waals surface area contributed by atoms with Crippen molar-refractivity contribution in [3.8, 4) is 0 Å². The molecule has 6 heterocycles. The summed E-state index contributed by atoms with van der Waals surface area (Å²) in [6.45, 7) is -5.49. The van der Waals surface area contributed by atoms with Crippen molar-refractivity contribution in [2.24, 2.45) is 0 Å². The molecule has 0 aromatic carbocycles. The molecule has 9 atom stereocenters. The molecule has 2 aliphatic heterocycles. The fourth-order valence-electron chi connectivity index (χ4n) is 5.11. The van der Waals surface area contributed by atoms with E-state index in [4.69, 9.17) is 41.8 Å². The Bertz CT molecular complexity index is 1880. The smallest absolute Gasteiger partial charge is 0.325 e. The molecule has 43 heavy (non-hydrogen) atoms. The number of aromatic amines is 1. The molecular weight excluding hydrogens is 630 g/mol. The monoisotopic (exact) mass is 649 g/mol. The maximum atomic E-state index is 15.7. The van der Waals surface area contributed by atoms with E-state index in [1.807, 2.05) is 0 Å². The quantitative estimate of drug-likeness (QED) is 0.118. The van der Waals surface area contributed by atoms with E-state index in [1.54, 1.807) is 0 Å². The van der Waals surface area contributed by atoms with Crippen molar-refractivity contribution >= 4 is 52.6 Å². The Hall–Kier alpha value is -3.41. The molecule has 4 aromatic heterocycles. The predicted molar refractivity (Wildman–Crippen MR) is 136 cm³/mol. The van der Waals surface area contributed by atoms with Crippen LogP contribution in [0, 0.1) is 0 Å². The Kier molecular flexibility index (Phi) is 6.13. The Balaban J connectivity index is 1.11. The largest absolute Gasteiger partial charge is 0.387 e. The highest BCUT2D eigenvalue weighted by atomic mass is 32.5. The third kappa shape index (κ3) is 4.15. The number of fused-ring (bicyclic) bond motifs is 3. The van der Waals surface area contributed by atoms with E-state index in [0.29, 0.717) is 4.68 Å². The first-order valence-electron chi connectivity index (χ1n) is 12.2. The number of nitrogen functional groups attached to an aromatic ring is 2. The van der Waals surface area contributed by atoms with Gasteiger partial charge in [0.15, 0.2) is 52.3 Å². The molecule has 0 spiro atoms. The van der Waals surface area contributed by atoms with Crippen LogP contribution in [0.1, 0.15) is 12.5 Å². The molecule has 230 valence electrons. The van der Waals surface area contributed by atoms with Crippen LogP contribution in [-0.4, -0.2) is 108 Å². The number of nitrogens with two attached hydrogens (primary N) is 2. The summed E-state index contributed by atoms with van der Waals surface area (Å²) in [5, 5.41) is 27.7. The number of halogens is 3. The van der Waals surface area contributed by atoms with E-state index in [-0.39, 0.29) is 34.1 Å². The fraction of sp³-hybridized carbons (Fsp3) is 0.526. The molecular formula is C19H19F3N11O8PS. The number of aliphatic hydroxyl groups excluding tert-OH is 2. The van der Waals surface area contributed by atoms with Crippen LogP contribution in [0.4, 0.5) is 24.9 Å². The second-order valence-corrected chi connectivity index (χ2v) is 12.7. The first-order valence-corrected chi connectivity index (χ1v) is 14.8. The van der Waals surface area contributed by atoms with Crippen molar-refractivity contribution < 1.29 is 46.8 Å². The minimum absolute atomic E-state index is 0.0856. The number of alkyl halides is 3. The standard InChI is InChI=1S/C19H19F3N11O8PS/c20-18-8(35)9(18)40-15(32-3-27-6-13(32)28-17(24)29-14(6)36)10(18)41-42(37,43)38-1-4-7(34)19(21,22)16(39-4)33-12-5(30-31-33)11(23)25-2-26-12/h2-4,7-10,15-16,34-35H,1H2,(H,37,43)(H2,23,25,26)(H3,24,28,29,36)/t4-,7-,8?,9-,10+,15-,16-,18-,42?/m1/s1. The van der Waals surface area contributed by atoms with Crippen LogP contribution >= 0.6 is 6.72 Å². The van der Waals surface area contributed by atoms with Crippen molar-refractivity contribution in [2.75, 3.05) is 18.1 Å². The number of anilines is 2. The Morgan fingerprint density at radius 1 is 1.14 bits per heavy atom. The third-order valence-electron chi connectivity index (χ3n) is 7.31. The van der Waals surface area contributed by atoms with Crippen molar-refractivity contribution in [1.82, 2.24) is 44.5 Å². The number of nitrogens with zero attached hydrogens (tertiary/aromatic N) is 8. The lowest BCUT2D eigenvalue weighted by atomic mass is 10.1. The van der Waals surface area contributed by atoms with Crippen molar-refractivity contribution in [2.45, 2.75) is 54.6 Å². The highest BCUT2D eigenvalue weighted by Gasteiger charge is 2.80. The van der Waals surface area contributed by atoms with E-state index in [0.717, 1.165) is 17.2 Å². The van der Waals surface area contributed by atoms with Crippen molar-refractivity contribution in [3.05, 3.63) is 23.0 Å². The zero-order valence-corrected chi connectivity index (χ0v) is 22.7. The number of rotatable bonds is 7. The van der Waals surface area contributed by atoms with E-state index in [9.17, 15) is 19.9 Å². The molecule has 8 N–H and O–H groups in total. The summed E-state index contributed by atoms with van der Waals surface area (Å²) >= 11 is 5.00. The van der Waals surface area contributed by atoms with E-state index < -0.39 is 73.5 Å². The summed E-state index contributed by atoms with van der Waals surface area (Å²) in [5.41, 5.74) is 7.40.